The number of aromatic nitrogens is 2. The van der Waals surface area contributed by atoms with E-state index in [-0.39, 0.29) is 0 Å². The Hall–Kier alpha value is -0.790. The lowest BCUT2D eigenvalue weighted by atomic mass is 10.1. The number of hydrogen-bond acceptors (Lipinski definition) is 1. The summed E-state index contributed by atoms with van der Waals surface area (Å²) in [5.74, 6) is 0. The molecule has 0 amide bonds. The molecule has 0 saturated heterocycles. The number of nitrogens with zero attached hydrogens (tertiary/aromatic N) is 2. The minimum Gasteiger partial charge on any atom is -0.272 e. The highest BCUT2D eigenvalue weighted by molar-refractivity contribution is 4.98. The van der Waals surface area contributed by atoms with Crippen molar-refractivity contribution in [1.29, 1.82) is 0 Å². The van der Waals surface area contributed by atoms with E-state index in [1.807, 2.05) is 0 Å². The van der Waals surface area contributed by atoms with Crippen LogP contribution in [0.5, 0.6) is 0 Å². The van der Waals surface area contributed by atoms with Gasteiger partial charge in [-0.3, -0.25) is 4.68 Å². The van der Waals surface area contributed by atoms with Gasteiger partial charge in [0.25, 0.3) is 0 Å². The molecule has 86 valence electrons. The van der Waals surface area contributed by atoms with Gasteiger partial charge in [-0.05, 0) is 18.9 Å². The Labute approximate surface area is 93.7 Å². The highest BCUT2D eigenvalue weighted by Gasteiger charge is 1.97. The van der Waals surface area contributed by atoms with Crippen LogP contribution in [-0.2, 0) is 13.0 Å². The fraction of sp³-hybridized carbons (Fsp3) is 0.769. The lowest BCUT2D eigenvalue weighted by molar-refractivity contribution is 0.529. The van der Waals surface area contributed by atoms with Crippen LogP contribution >= 0.6 is 0 Å². The second-order valence-electron chi connectivity index (χ2n) is 4.23. The summed E-state index contributed by atoms with van der Waals surface area (Å²) in [6.45, 7) is 5.54. The van der Waals surface area contributed by atoms with Gasteiger partial charge in [0.2, 0.25) is 0 Å². The smallest absolute Gasteiger partial charge is 0.0624 e. The Bertz CT molecular complexity index is 253. The van der Waals surface area contributed by atoms with E-state index in [0.717, 1.165) is 13.0 Å². The largest absolute Gasteiger partial charge is 0.272 e. The molecule has 0 aliphatic carbocycles. The van der Waals surface area contributed by atoms with Gasteiger partial charge in [-0.2, -0.15) is 5.10 Å². The maximum atomic E-state index is 4.53. The fourth-order valence-electron chi connectivity index (χ4n) is 1.80. The predicted molar refractivity (Wildman–Crippen MR) is 65.0 cm³/mol. The molecule has 0 aliphatic heterocycles. The molecule has 0 spiro atoms. The zero-order chi connectivity index (χ0) is 10.9. The van der Waals surface area contributed by atoms with Gasteiger partial charge in [-0.15, -0.1) is 0 Å². The second kappa shape index (κ2) is 7.49. The zero-order valence-electron chi connectivity index (χ0n) is 10.2. The molecule has 15 heavy (non-hydrogen) atoms. The van der Waals surface area contributed by atoms with Crippen molar-refractivity contribution in [2.24, 2.45) is 0 Å². The third-order valence-corrected chi connectivity index (χ3v) is 2.69. The van der Waals surface area contributed by atoms with Crippen molar-refractivity contribution in [1.82, 2.24) is 9.78 Å². The Morgan fingerprint density at radius 3 is 2.60 bits per heavy atom. The lowest BCUT2D eigenvalue weighted by Gasteiger charge is -2.01. The van der Waals surface area contributed by atoms with Crippen molar-refractivity contribution >= 4 is 0 Å². The molecule has 1 aromatic rings. The number of unbranched alkanes of at least 4 members (excludes halogenated alkanes) is 4. The molecule has 1 heterocycles. The van der Waals surface area contributed by atoms with Crippen LogP contribution in [-0.4, -0.2) is 9.78 Å². The van der Waals surface area contributed by atoms with E-state index >= 15 is 0 Å². The first-order chi connectivity index (χ1) is 7.36. The molecule has 1 rings (SSSR count). The molecule has 0 unspecified atom stereocenters. The predicted octanol–water partition coefficient (Wildman–Crippen LogP) is 3.81. The second-order valence-corrected chi connectivity index (χ2v) is 4.23. The summed E-state index contributed by atoms with van der Waals surface area (Å²) in [5, 5.41) is 4.53. The molecule has 0 saturated carbocycles. The monoisotopic (exact) mass is 208 g/mol. The molecular weight excluding hydrogens is 184 g/mol. The topological polar surface area (TPSA) is 17.8 Å². The Balaban J connectivity index is 2.14. The van der Waals surface area contributed by atoms with Crippen LogP contribution in [0.2, 0.25) is 0 Å². The van der Waals surface area contributed by atoms with Crippen molar-refractivity contribution in [3.63, 3.8) is 0 Å². The van der Waals surface area contributed by atoms with Crippen molar-refractivity contribution in [3.05, 3.63) is 18.0 Å². The van der Waals surface area contributed by atoms with Crippen molar-refractivity contribution < 1.29 is 0 Å². The summed E-state index contributed by atoms with van der Waals surface area (Å²) in [7, 11) is 0. The standard InChI is InChI=1S/C13H24N2/c1-3-5-6-7-8-11-15-12-10-13(14-15)9-4-2/h10,12H,3-9,11H2,1-2H3. The summed E-state index contributed by atoms with van der Waals surface area (Å²) in [6.07, 6.45) is 11.1. The van der Waals surface area contributed by atoms with Gasteiger partial charge in [-0.25, -0.2) is 0 Å². The molecule has 0 radical (unpaired) electrons. The van der Waals surface area contributed by atoms with Crippen LogP contribution in [0.15, 0.2) is 12.3 Å². The van der Waals surface area contributed by atoms with Crippen LogP contribution < -0.4 is 0 Å². The van der Waals surface area contributed by atoms with Crippen molar-refractivity contribution in [3.8, 4) is 0 Å². The van der Waals surface area contributed by atoms with E-state index in [1.54, 1.807) is 0 Å². The first-order valence-corrected chi connectivity index (χ1v) is 6.39. The zero-order valence-corrected chi connectivity index (χ0v) is 10.2. The van der Waals surface area contributed by atoms with Crippen molar-refractivity contribution in [2.75, 3.05) is 0 Å². The Morgan fingerprint density at radius 2 is 1.87 bits per heavy atom. The molecule has 0 aliphatic rings. The average Bonchev–Trinajstić information content (AvgIpc) is 2.66. The van der Waals surface area contributed by atoms with Crippen molar-refractivity contribution in [2.45, 2.75) is 65.3 Å². The van der Waals surface area contributed by atoms with Crippen LogP contribution in [0, 0.1) is 0 Å². The fourth-order valence-corrected chi connectivity index (χ4v) is 1.80. The highest BCUT2D eigenvalue weighted by atomic mass is 15.3. The first kappa shape index (κ1) is 12.3. The summed E-state index contributed by atoms with van der Waals surface area (Å²) in [5.41, 5.74) is 1.24. The van der Waals surface area contributed by atoms with E-state index in [0.29, 0.717) is 0 Å². The third kappa shape index (κ3) is 5.01. The van der Waals surface area contributed by atoms with E-state index in [1.165, 1.54) is 44.2 Å². The molecule has 0 fully saturated rings. The van der Waals surface area contributed by atoms with Gasteiger partial charge in [0.15, 0.2) is 0 Å². The quantitative estimate of drug-likeness (QED) is 0.594. The minimum absolute atomic E-state index is 1.09. The van der Waals surface area contributed by atoms with Gasteiger partial charge in [0, 0.05) is 12.7 Å². The van der Waals surface area contributed by atoms with E-state index < -0.39 is 0 Å². The van der Waals surface area contributed by atoms with Crippen LogP contribution in [0.25, 0.3) is 0 Å². The third-order valence-electron chi connectivity index (χ3n) is 2.69. The molecule has 1 aromatic heterocycles. The first-order valence-electron chi connectivity index (χ1n) is 6.39. The molecule has 0 N–H and O–H groups in total. The van der Waals surface area contributed by atoms with Crippen LogP contribution in [0.1, 0.15) is 58.1 Å². The van der Waals surface area contributed by atoms with Crippen LogP contribution in [0.3, 0.4) is 0 Å². The number of rotatable bonds is 8. The molecule has 0 atom stereocenters. The van der Waals surface area contributed by atoms with Gasteiger partial charge in [-0.1, -0.05) is 46.0 Å². The van der Waals surface area contributed by atoms with Crippen LogP contribution in [0.4, 0.5) is 0 Å². The average molecular weight is 208 g/mol. The lowest BCUT2D eigenvalue weighted by Crippen LogP contribution is -1.99. The normalized spacial score (nSPS) is 10.8. The number of hydrogen-bond donors (Lipinski definition) is 0. The number of aryl methyl sites for hydroxylation is 2. The molecule has 0 bridgehead atoms. The molecule has 0 aromatic carbocycles. The Morgan fingerprint density at radius 1 is 1.07 bits per heavy atom. The van der Waals surface area contributed by atoms with E-state index in [9.17, 15) is 0 Å². The summed E-state index contributed by atoms with van der Waals surface area (Å²) in [6, 6.07) is 2.15. The summed E-state index contributed by atoms with van der Waals surface area (Å²) < 4.78 is 2.09. The maximum Gasteiger partial charge on any atom is 0.0624 e. The van der Waals surface area contributed by atoms with Gasteiger partial charge in [0.05, 0.1) is 5.69 Å². The molecular formula is C13H24N2. The summed E-state index contributed by atoms with van der Waals surface area (Å²) in [4.78, 5) is 0. The van der Waals surface area contributed by atoms with E-state index in [4.69, 9.17) is 0 Å². The van der Waals surface area contributed by atoms with Gasteiger partial charge >= 0.3 is 0 Å². The highest BCUT2D eigenvalue weighted by Crippen LogP contribution is 2.05. The molecule has 2 heteroatoms. The van der Waals surface area contributed by atoms with Gasteiger partial charge in [0.1, 0.15) is 0 Å². The van der Waals surface area contributed by atoms with Gasteiger partial charge < -0.3 is 0 Å². The summed E-state index contributed by atoms with van der Waals surface area (Å²) >= 11 is 0. The molecule has 2 nitrogen and oxygen atoms in total. The SMILES string of the molecule is CCCCCCCn1ccc(CCC)n1. The minimum atomic E-state index is 1.09. The maximum absolute atomic E-state index is 4.53. The Kier molecular flexibility index (Phi) is 6.14. The van der Waals surface area contributed by atoms with E-state index in [2.05, 4.69) is 35.9 Å².